The summed E-state index contributed by atoms with van der Waals surface area (Å²) in [4.78, 5) is 4.69. The van der Waals surface area contributed by atoms with E-state index >= 15 is 0 Å². The number of fused-ring (bicyclic) bond motifs is 10. The molecular weight excluding hydrogens is 1230 g/mol. The van der Waals surface area contributed by atoms with Gasteiger partial charge in [-0.2, -0.15) is 5.26 Å². The molecule has 0 saturated carbocycles. The van der Waals surface area contributed by atoms with Crippen LogP contribution in [0.2, 0.25) is 0 Å². The van der Waals surface area contributed by atoms with Crippen LogP contribution in [0.15, 0.2) is 273 Å². The fraction of sp³-hybridized carbons (Fsp3) is 0.177. The van der Waals surface area contributed by atoms with E-state index in [2.05, 4.69) is 237 Å². The number of anilines is 6. The largest absolute Gasteiger partial charge is 0.311 e. The van der Waals surface area contributed by atoms with Crippen LogP contribution in [0.25, 0.3) is 99.5 Å². The zero-order chi connectivity index (χ0) is 79.9. The Morgan fingerprint density at radius 1 is 0.333 bits per heavy atom. The Morgan fingerprint density at radius 2 is 0.765 bits per heavy atom. The molecule has 0 spiro atoms. The second kappa shape index (κ2) is 23.6. The maximum atomic E-state index is 11.5. The molecule has 6 heteroatoms. The van der Waals surface area contributed by atoms with Gasteiger partial charge in [0.2, 0.25) is 0 Å². The van der Waals surface area contributed by atoms with Gasteiger partial charge in [0.15, 0.2) is 0 Å². The summed E-state index contributed by atoms with van der Waals surface area (Å²) in [6, 6.07) is 76.8. The standard InChI is InChI=1S/C96H84BN5/c1-60-35-37-62(38-36-60)66-45-65(61-25-15-14-16-26-61)50-76(51-66)101-88-52-63(67-46-70(93(2,3)4)55-71(47-67)94(5,6)7)40-43-81(88)97-82-44-42-75(99-83-31-21-17-27-77(83)78-28-18-22-32-84(78)99)58-89(82)100(90-53-69(54-91(101)92(90)97)68-48-72(95(8,9)10)56-73(49-68)96(11,12)13)74-41-39-64(59-98)87(57-74)102-85-33-23-19-29-79(85)80-30-20-24-34-86(80)102/h14-58H,1-13H3/i1D3,17D,18D,21D,22D,27D,28D,31D,32D. The number of hydrogen-bond donors (Lipinski definition) is 0. The van der Waals surface area contributed by atoms with Crippen LogP contribution < -0.4 is 26.2 Å². The Balaban J connectivity index is 1.06. The molecule has 0 bridgehead atoms. The summed E-state index contributed by atoms with van der Waals surface area (Å²) in [5, 5.41) is 13.5. The number of hydrogen-bond acceptors (Lipinski definition) is 3. The SMILES string of the molecule is [2H]c1c([2H])c([2H])c2c(c1[2H])c1c([2H])c([2H])c([2H])c([2H])c1n2-c1ccc2c(c1)N(c1ccc(C#N)c(-n3c4ccccc4c4ccccc43)c1)c1cc(-c3cc(C(C)(C)C)cc(C(C)(C)C)c3)cc3c1B2c1ccc(-c2cc(C(C)(C)C)cc(C(C)(C)C)c2)cc1N3c1cc(-c2ccccc2)cc(-c2ccc(C([2H])([2H])[2H])cc2)c1. The molecule has 0 unspecified atom stereocenters. The minimum Gasteiger partial charge on any atom is -0.311 e. The number of rotatable bonds is 8. The summed E-state index contributed by atoms with van der Waals surface area (Å²) < 4.78 is 104. The second-order valence-electron chi connectivity index (χ2n) is 31.8. The first-order valence-corrected chi connectivity index (χ1v) is 35.2. The van der Waals surface area contributed by atoms with E-state index in [1.54, 1.807) is 16.7 Å². The van der Waals surface area contributed by atoms with E-state index in [0.717, 1.165) is 117 Å². The fourth-order valence-electron chi connectivity index (χ4n) is 15.5. The highest BCUT2D eigenvalue weighted by Crippen LogP contribution is 2.51. The molecule has 0 saturated heterocycles. The van der Waals surface area contributed by atoms with Crippen LogP contribution in [0.5, 0.6) is 0 Å². The topological polar surface area (TPSA) is 40.1 Å². The Kier molecular flexibility index (Phi) is 12.2. The van der Waals surface area contributed by atoms with E-state index in [4.69, 9.17) is 6.85 Å². The maximum absolute atomic E-state index is 11.5. The van der Waals surface area contributed by atoms with Crippen molar-refractivity contribution in [2.75, 3.05) is 9.80 Å². The first-order chi connectivity index (χ1) is 53.5. The summed E-state index contributed by atoms with van der Waals surface area (Å²) in [5.74, 6) is 0. The van der Waals surface area contributed by atoms with Crippen molar-refractivity contribution in [1.82, 2.24) is 9.13 Å². The normalized spacial score (nSPS) is 14.7. The van der Waals surface area contributed by atoms with E-state index in [-0.39, 0.29) is 49.0 Å². The first-order valence-electron chi connectivity index (χ1n) is 40.7. The van der Waals surface area contributed by atoms with Gasteiger partial charge < -0.3 is 18.9 Å². The monoisotopic (exact) mass is 1330 g/mol. The van der Waals surface area contributed by atoms with E-state index in [0.29, 0.717) is 28.3 Å². The molecule has 2 aliphatic rings. The summed E-state index contributed by atoms with van der Waals surface area (Å²) in [6.45, 7) is 24.1. The third kappa shape index (κ3) is 10.7. The van der Waals surface area contributed by atoms with E-state index in [1.807, 2.05) is 78.9 Å². The lowest BCUT2D eigenvalue weighted by Crippen LogP contribution is -2.61. The van der Waals surface area contributed by atoms with Crippen molar-refractivity contribution < 1.29 is 15.1 Å². The molecule has 4 heterocycles. The number of benzene rings is 13. The van der Waals surface area contributed by atoms with Crippen molar-refractivity contribution in [3.05, 3.63) is 306 Å². The van der Waals surface area contributed by atoms with Crippen molar-refractivity contribution in [2.24, 2.45) is 0 Å². The van der Waals surface area contributed by atoms with Gasteiger partial charge in [0.1, 0.15) is 6.07 Å². The maximum Gasteiger partial charge on any atom is 0.252 e. The predicted octanol–water partition coefficient (Wildman–Crippen LogP) is 24.0. The Bertz CT molecular complexity index is 6400. The summed E-state index contributed by atoms with van der Waals surface area (Å²) in [6.07, 6.45) is 0. The Labute approximate surface area is 616 Å². The average molecular weight is 1330 g/mol. The van der Waals surface area contributed by atoms with Crippen molar-refractivity contribution in [1.29, 1.82) is 5.26 Å². The molecule has 2 aromatic heterocycles. The highest BCUT2D eigenvalue weighted by molar-refractivity contribution is 7.00. The molecule has 0 radical (unpaired) electrons. The second-order valence-corrected chi connectivity index (χ2v) is 31.8. The van der Waals surface area contributed by atoms with Crippen LogP contribution in [0.3, 0.4) is 0 Å². The van der Waals surface area contributed by atoms with Gasteiger partial charge in [-0.25, -0.2) is 0 Å². The van der Waals surface area contributed by atoms with Gasteiger partial charge in [0.05, 0.1) is 44.3 Å². The van der Waals surface area contributed by atoms with E-state index in [9.17, 15) is 13.5 Å². The molecular formula is C96H84BN5. The van der Waals surface area contributed by atoms with Crippen LogP contribution in [0, 0.1) is 18.2 Å². The van der Waals surface area contributed by atoms with Gasteiger partial charge in [-0.05, 0) is 203 Å². The minimum absolute atomic E-state index is 0.00709. The molecule has 0 atom stereocenters. The lowest BCUT2D eigenvalue weighted by Gasteiger charge is -2.45. The summed E-state index contributed by atoms with van der Waals surface area (Å²) in [7, 11) is 0. The molecule has 0 amide bonds. The zero-order valence-electron chi connectivity index (χ0n) is 70.7. The predicted molar refractivity (Wildman–Crippen MR) is 435 cm³/mol. The number of nitrogens with zero attached hydrogens (tertiary/aromatic N) is 5. The first kappa shape index (κ1) is 52.6. The minimum atomic E-state index is -2.33. The van der Waals surface area contributed by atoms with Crippen LogP contribution in [0.4, 0.5) is 34.1 Å². The Hall–Kier alpha value is -11.4. The Morgan fingerprint density at radius 3 is 1.30 bits per heavy atom. The van der Waals surface area contributed by atoms with Crippen LogP contribution >= 0.6 is 0 Å². The number of aromatic nitrogens is 2. The fourth-order valence-corrected chi connectivity index (χ4v) is 15.5. The van der Waals surface area contributed by atoms with Crippen molar-refractivity contribution in [3.8, 4) is 62.0 Å². The van der Waals surface area contributed by atoms with Gasteiger partial charge in [0.25, 0.3) is 6.71 Å². The molecule has 102 heavy (non-hydrogen) atoms. The van der Waals surface area contributed by atoms with Gasteiger partial charge in [-0.1, -0.05) is 270 Å². The van der Waals surface area contributed by atoms with E-state index in [1.165, 1.54) is 11.1 Å². The molecule has 496 valence electrons. The van der Waals surface area contributed by atoms with Crippen molar-refractivity contribution >= 4 is 101 Å². The molecule has 5 nitrogen and oxygen atoms in total. The average Bonchev–Trinajstić information content (AvgIpc) is 1.61. The van der Waals surface area contributed by atoms with Crippen molar-refractivity contribution in [3.63, 3.8) is 0 Å². The number of nitriles is 1. The molecule has 2 aliphatic heterocycles. The lowest BCUT2D eigenvalue weighted by molar-refractivity contribution is 0.568. The third-order valence-corrected chi connectivity index (χ3v) is 21.0. The molecule has 0 N–H and O–H groups in total. The number of aryl methyl sites for hydroxylation is 1. The summed E-state index contributed by atoms with van der Waals surface area (Å²) in [5.41, 5.74) is 22.0. The quantitative estimate of drug-likeness (QED) is 0.142. The summed E-state index contributed by atoms with van der Waals surface area (Å²) >= 11 is 0. The molecule has 15 aromatic rings. The molecule has 0 aliphatic carbocycles. The molecule has 0 fully saturated rings. The van der Waals surface area contributed by atoms with Crippen molar-refractivity contribution in [2.45, 2.75) is 112 Å². The molecule has 17 rings (SSSR count). The number of para-hydroxylation sites is 4. The highest BCUT2D eigenvalue weighted by Gasteiger charge is 2.45. The molecule has 13 aromatic carbocycles. The smallest absolute Gasteiger partial charge is 0.252 e. The van der Waals surface area contributed by atoms with Gasteiger partial charge in [0, 0.05) is 65.5 Å². The third-order valence-electron chi connectivity index (χ3n) is 21.0. The van der Waals surface area contributed by atoms with E-state index < -0.39 is 61.9 Å². The van der Waals surface area contributed by atoms with Crippen LogP contribution in [0.1, 0.15) is 132 Å². The van der Waals surface area contributed by atoms with Gasteiger partial charge in [-0.15, -0.1) is 0 Å². The zero-order valence-corrected chi connectivity index (χ0v) is 59.7. The van der Waals surface area contributed by atoms with Crippen LogP contribution in [-0.4, -0.2) is 15.8 Å². The van der Waals surface area contributed by atoms with Crippen LogP contribution in [-0.2, 0) is 21.7 Å². The van der Waals surface area contributed by atoms with Gasteiger partial charge in [-0.3, -0.25) is 0 Å². The lowest BCUT2D eigenvalue weighted by atomic mass is 9.33. The van der Waals surface area contributed by atoms with Gasteiger partial charge >= 0.3 is 0 Å². The highest BCUT2D eigenvalue weighted by atomic mass is 15.2.